The van der Waals surface area contributed by atoms with Crippen LogP contribution in [-0.4, -0.2) is 28.2 Å². The smallest absolute Gasteiger partial charge is 0.161 e. The highest BCUT2D eigenvalue weighted by Gasteiger charge is 2.07. The number of pyridine rings is 1. The predicted molar refractivity (Wildman–Crippen MR) is 105 cm³/mol. The van der Waals surface area contributed by atoms with Gasteiger partial charge in [0.05, 0.1) is 13.4 Å². The maximum atomic E-state index is 5.86. The molecule has 142 valence electrons. The lowest BCUT2D eigenvalue weighted by molar-refractivity contribution is 0.284. The van der Waals surface area contributed by atoms with Gasteiger partial charge in [0.1, 0.15) is 11.8 Å². The quantitative estimate of drug-likeness (QED) is 0.425. The summed E-state index contributed by atoms with van der Waals surface area (Å²) >= 11 is 5.80. The number of hydrogen-bond donors (Lipinski definition) is 1. The molecule has 1 aromatic carbocycles. The number of methoxy groups -OCH3 is 1. The highest BCUT2D eigenvalue weighted by atomic mass is 35.5. The third kappa shape index (κ3) is 5.98. The van der Waals surface area contributed by atoms with Gasteiger partial charge in [0.15, 0.2) is 11.5 Å². The van der Waals surface area contributed by atoms with E-state index in [0.717, 1.165) is 42.9 Å². The highest BCUT2D eigenvalue weighted by Crippen LogP contribution is 2.28. The maximum Gasteiger partial charge on any atom is 0.161 e. The Morgan fingerprint density at radius 3 is 2.78 bits per heavy atom. The Balaban J connectivity index is 1.47. The summed E-state index contributed by atoms with van der Waals surface area (Å²) in [6.07, 6.45) is 8.36. The zero-order valence-corrected chi connectivity index (χ0v) is 16.0. The highest BCUT2D eigenvalue weighted by molar-refractivity contribution is 6.29. The van der Waals surface area contributed by atoms with Gasteiger partial charge in [-0.05, 0) is 36.7 Å². The van der Waals surface area contributed by atoms with E-state index >= 15 is 0 Å². The molecule has 2 aromatic heterocycles. The minimum Gasteiger partial charge on any atom is -0.493 e. The van der Waals surface area contributed by atoms with Crippen molar-refractivity contribution in [2.75, 3.05) is 13.7 Å². The van der Waals surface area contributed by atoms with E-state index in [1.165, 1.54) is 0 Å². The van der Waals surface area contributed by atoms with Gasteiger partial charge in [-0.3, -0.25) is 0 Å². The van der Waals surface area contributed by atoms with Crippen molar-refractivity contribution >= 4 is 11.6 Å². The molecule has 0 aliphatic rings. The van der Waals surface area contributed by atoms with Gasteiger partial charge in [-0.15, -0.1) is 0 Å². The number of nitrogens with one attached hydrogen (secondary N) is 1. The summed E-state index contributed by atoms with van der Waals surface area (Å²) in [5.41, 5.74) is 2.10. The predicted octanol–water partition coefficient (Wildman–Crippen LogP) is 3.70. The average Bonchev–Trinajstić information content (AvgIpc) is 3.21. The van der Waals surface area contributed by atoms with Gasteiger partial charge >= 0.3 is 0 Å². The molecule has 2 heterocycles. The molecule has 3 aromatic rings. The molecule has 0 fully saturated rings. The summed E-state index contributed by atoms with van der Waals surface area (Å²) < 4.78 is 13.4. The number of ether oxygens (including phenoxy) is 2. The van der Waals surface area contributed by atoms with Crippen LogP contribution in [0.3, 0.4) is 0 Å². The van der Waals surface area contributed by atoms with Crippen LogP contribution < -0.4 is 14.8 Å². The Kier molecular flexibility index (Phi) is 7.07. The molecule has 0 saturated carbocycles. The number of aromatic nitrogens is 3. The molecular formula is C20H23ClN4O2. The second-order valence-electron chi connectivity index (χ2n) is 6.09. The Morgan fingerprint density at radius 2 is 2.04 bits per heavy atom. The number of hydrogen-bond acceptors (Lipinski definition) is 5. The van der Waals surface area contributed by atoms with Crippen LogP contribution in [0.1, 0.15) is 17.5 Å². The lowest BCUT2D eigenvalue weighted by Gasteiger charge is -2.13. The van der Waals surface area contributed by atoms with E-state index in [2.05, 4.69) is 19.9 Å². The normalized spacial score (nSPS) is 10.7. The summed E-state index contributed by atoms with van der Waals surface area (Å²) in [5.74, 6) is 1.42. The number of benzene rings is 1. The Hall–Kier alpha value is -2.57. The molecule has 0 spiro atoms. The monoisotopic (exact) mass is 386 g/mol. The third-order valence-corrected chi connectivity index (χ3v) is 4.29. The van der Waals surface area contributed by atoms with Crippen LogP contribution in [0.5, 0.6) is 11.5 Å². The SMILES string of the molecule is COc1cc(CNCCCn2ccnc2)ccc1OCc1ccc(Cl)nc1. The summed E-state index contributed by atoms with van der Waals surface area (Å²) in [7, 11) is 1.65. The molecule has 0 amide bonds. The number of nitrogens with zero attached hydrogens (tertiary/aromatic N) is 3. The van der Waals surface area contributed by atoms with Gasteiger partial charge in [0.2, 0.25) is 0 Å². The second kappa shape index (κ2) is 9.94. The summed E-state index contributed by atoms with van der Waals surface area (Å²) in [4.78, 5) is 8.10. The van der Waals surface area contributed by atoms with Crippen LogP contribution in [0.25, 0.3) is 0 Å². The zero-order valence-electron chi connectivity index (χ0n) is 15.3. The molecule has 0 atom stereocenters. The van der Waals surface area contributed by atoms with Gasteiger partial charge < -0.3 is 19.4 Å². The van der Waals surface area contributed by atoms with E-state index < -0.39 is 0 Å². The van der Waals surface area contributed by atoms with Crippen molar-refractivity contribution in [2.24, 2.45) is 0 Å². The fraction of sp³-hybridized carbons (Fsp3) is 0.300. The average molecular weight is 387 g/mol. The molecule has 0 radical (unpaired) electrons. The molecule has 0 bridgehead atoms. The number of imidazole rings is 1. The molecule has 6 nitrogen and oxygen atoms in total. The Morgan fingerprint density at radius 1 is 1.15 bits per heavy atom. The Labute approximate surface area is 164 Å². The molecule has 1 N–H and O–H groups in total. The van der Waals surface area contributed by atoms with Crippen LogP contribution in [0.2, 0.25) is 5.15 Å². The van der Waals surface area contributed by atoms with Gasteiger partial charge in [-0.2, -0.15) is 0 Å². The van der Waals surface area contributed by atoms with Gasteiger partial charge in [-0.1, -0.05) is 23.7 Å². The van der Waals surface area contributed by atoms with Crippen LogP contribution in [0.15, 0.2) is 55.2 Å². The molecule has 0 saturated heterocycles. The summed E-state index contributed by atoms with van der Waals surface area (Å²) in [6.45, 7) is 3.08. The molecule has 0 unspecified atom stereocenters. The van der Waals surface area contributed by atoms with Gasteiger partial charge in [-0.25, -0.2) is 9.97 Å². The van der Waals surface area contributed by atoms with Gasteiger partial charge in [0, 0.05) is 37.2 Å². The molecule has 7 heteroatoms. The van der Waals surface area contributed by atoms with Crippen LogP contribution in [0.4, 0.5) is 0 Å². The van der Waals surface area contributed by atoms with Crippen LogP contribution in [-0.2, 0) is 19.7 Å². The van der Waals surface area contributed by atoms with E-state index in [-0.39, 0.29) is 0 Å². The number of rotatable bonds is 10. The zero-order chi connectivity index (χ0) is 18.9. The van der Waals surface area contributed by atoms with Crippen molar-refractivity contribution in [1.29, 1.82) is 0 Å². The minimum absolute atomic E-state index is 0.409. The van der Waals surface area contributed by atoms with Crippen molar-refractivity contribution in [2.45, 2.75) is 26.1 Å². The van der Waals surface area contributed by atoms with E-state index in [4.69, 9.17) is 21.1 Å². The van der Waals surface area contributed by atoms with Crippen LogP contribution >= 0.6 is 11.6 Å². The third-order valence-electron chi connectivity index (χ3n) is 4.07. The van der Waals surface area contributed by atoms with E-state index in [1.54, 1.807) is 25.6 Å². The van der Waals surface area contributed by atoms with Crippen LogP contribution in [0, 0.1) is 0 Å². The summed E-state index contributed by atoms with van der Waals surface area (Å²) in [6, 6.07) is 9.62. The first-order chi connectivity index (χ1) is 13.2. The van der Waals surface area contributed by atoms with E-state index in [9.17, 15) is 0 Å². The first kappa shape index (κ1) is 19.2. The molecule has 0 aliphatic heterocycles. The molecule has 0 aliphatic carbocycles. The van der Waals surface area contributed by atoms with E-state index in [0.29, 0.717) is 17.5 Å². The standard InChI is InChI=1S/C20H23ClN4O2/c1-26-19-11-16(12-22-7-2-9-25-10-8-23-15-25)3-5-18(19)27-14-17-4-6-20(21)24-13-17/h3-6,8,10-11,13,15,22H,2,7,9,12,14H2,1H3. The topological polar surface area (TPSA) is 61.2 Å². The maximum absolute atomic E-state index is 5.86. The number of aryl methyl sites for hydroxylation is 1. The van der Waals surface area contributed by atoms with Crippen molar-refractivity contribution in [3.05, 3.63) is 71.5 Å². The lowest BCUT2D eigenvalue weighted by atomic mass is 10.2. The molecule has 27 heavy (non-hydrogen) atoms. The van der Waals surface area contributed by atoms with E-state index in [1.807, 2.05) is 36.8 Å². The first-order valence-electron chi connectivity index (χ1n) is 8.81. The second-order valence-corrected chi connectivity index (χ2v) is 6.48. The van der Waals surface area contributed by atoms with Crippen molar-refractivity contribution < 1.29 is 9.47 Å². The fourth-order valence-electron chi connectivity index (χ4n) is 2.63. The number of halogens is 1. The molecule has 3 rings (SSSR count). The molecular weight excluding hydrogens is 364 g/mol. The minimum atomic E-state index is 0.409. The lowest BCUT2D eigenvalue weighted by Crippen LogP contribution is -2.16. The first-order valence-corrected chi connectivity index (χ1v) is 9.19. The van der Waals surface area contributed by atoms with Gasteiger partial charge in [0.25, 0.3) is 0 Å². The van der Waals surface area contributed by atoms with Crippen molar-refractivity contribution in [3.8, 4) is 11.5 Å². The van der Waals surface area contributed by atoms with Crippen molar-refractivity contribution in [1.82, 2.24) is 19.9 Å². The summed E-state index contributed by atoms with van der Waals surface area (Å²) in [5, 5.41) is 3.92. The Bertz CT molecular complexity index is 823. The van der Waals surface area contributed by atoms with Crippen molar-refractivity contribution in [3.63, 3.8) is 0 Å². The largest absolute Gasteiger partial charge is 0.493 e. The fourth-order valence-corrected chi connectivity index (χ4v) is 2.74.